The van der Waals surface area contributed by atoms with Gasteiger partial charge in [-0.3, -0.25) is 4.98 Å². The van der Waals surface area contributed by atoms with E-state index in [4.69, 9.17) is 0 Å². The molecule has 1 aromatic carbocycles. The molecule has 0 spiro atoms. The van der Waals surface area contributed by atoms with E-state index in [0.29, 0.717) is 5.75 Å². The van der Waals surface area contributed by atoms with E-state index in [2.05, 4.69) is 53.8 Å². The fourth-order valence-corrected chi connectivity index (χ4v) is 4.37. The van der Waals surface area contributed by atoms with Crippen molar-refractivity contribution in [1.82, 2.24) is 4.98 Å². The lowest BCUT2D eigenvalue weighted by molar-refractivity contribution is -0.0392. The average Bonchev–Trinajstić information content (AvgIpc) is 2.90. The van der Waals surface area contributed by atoms with Gasteiger partial charge in [-0.15, -0.1) is 23.1 Å². The van der Waals surface area contributed by atoms with Crippen molar-refractivity contribution >= 4 is 39.0 Å². The van der Waals surface area contributed by atoms with E-state index < -0.39 is 5.60 Å². The van der Waals surface area contributed by atoms with Gasteiger partial charge in [0, 0.05) is 21.3 Å². The molecule has 0 bridgehead atoms. The standard InChI is InChI=1S/C15H18BrNOS2/c1-14(2,3)15(18,13-8-17-10-20-13)9-19-12-6-4-11(16)5-7-12/h4-8,10,18H,9H2,1-3H3. The van der Waals surface area contributed by atoms with Crippen molar-refractivity contribution in [2.75, 3.05) is 5.75 Å². The fraction of sp³-hybridized carbons (Fsp3) is 0.400. The Morgan fingerprint density at radius 1 is 1.25 bits per heavy atom. The summed E-state index contributed by atoms with van der Waals surface area (Å²) in [6, 6.07) is 8.16. The van der Waals surface area contributed by atoms with Crippen LogP contribution in [-0.4, -0.2) is 15.8 Å². The zero-order valence-electron chi connectivity index (χ0n) is 11.8. The summed E-state index contributed by atoms with van der Waals surface area (Å²) in [7, 11) is 0. The summed E-state index contributed by atoms with van der Waals surface area (Å²) in [5, 5.41) is 11.2. The Hall–Kier alpha value is -0.360. The predicted molar refractivity (Wildman–Crippen MR) is 90.3 cm³/mol. The molecule has 2 nitrogen and oxygen atoms in total. The Labute approximate surface area is 136 Å². The lowest BCUT2D eigenvalue weighted by Gasteiger charge is -2.39. The van der Waals surface area contributed by atoms with Gasteiger partial charge in [0.15, 0.2) is 0 Å². The number of thiazole rings is 1. The van der Waals surface area contributed by atoms with Crippen molar-refractivity contribution in [3.8, 4) is 0 Å². The van der Waals surface area contributed by atoms with Crippen LogP contribution in [0.5, 0.6) is 0 Å². The van der Waals surface area contributed by atoms with Crippen molar-refractivity contribution < 1.29 is 5.11 Å². The highest BCUT2D eigenvalue weighted by Crippen LogP contribution is 2.44. The van der Waals surface area contributed by atoms with Crippen LogP contribution in [0.25, 0.3) is 0 Å². The van der Waals surface area contributed by atoms with Gasteiger partial charge in [-0.2, -0.15) is 0 Å². The number of halogens is 1. The molecule has 0 radical (unpaired) electrons. The van der Waals surface area contributed by atoms with Gasteiger partial charge in [0.1, 0.15) is 5.60 Å². The average molecular weight is 372 g/mol. The Kier molecular flexibility index (Phi) is 4.95. The molecule has 20 heavy (non-hydrogen) atoms. The highest BCUT2D eigenvalue weighted by Gasteiger charge is 2.42. The van der Waals surface area contributed by atoms with Crippen LogP contribution >= 0.6 is 39.0 Å². The van der Waals surface area contributed by atoms with Crippen molar-refractivity contribution in [1.29, 1.82) is 0 Å². The minimum Gasteiger partial charge on any atom is -0.383 e. The number of aromatic nitrogens is 1. The first kappa shape index (κ1) is 16.0. The second-order valence-electron chi connectivity index (χ2n) is 5.72. The molecule has 0 aliphatic rings. The topological polar surface area (TPSA) is 33.1 Å². The quantitative estimate of drug-likeness (QED) is 0.773. The molecule has 108 valence electrons. The van der Waals surface area contributed by atoms with Crippen LogP contribution in [0.15, 0.2) is 45.3 Å². The molecule has 0 saturated heterocycles. The number of nitrogens with zero attached hydrogens (tertiary/aromatic N) is 1. The van der Waals surface area contributed by atoms with Crippen molar-refractivity contribution in [2.45, 2.75) is 31.3 Å². The summed E-state index contributed by atoms with van der Waals surface area (Å²) in [5.41, 5.74) is 0.643. The van der Waals surface area contributed by atoms with E-state index in [9.17, 15) is 5.11 Å². The third kappa shape index (κ3) is 3.45. The highest BCUT2D eigenvalue weighted by molar-refractivity contribution is 9.10. The minimum absolute atomic E-state index is 0.248. The monoisotopic (exact) mass is 371 g/mol. The van der Waals surface area contributed by atoms with Crippen molar-refractivity contribution in [3.05, 3.63) is 45.3 Å². The lowest BCUT2D eigenvalue weighted by atomic mass is 9.77. The molecule has 0 fully saturated rings. The van der Waals surface area contributed by atoms with E-state index in [1.165, 1.54) is 11.3 Å². The molecule has 5 heteroatoms. The van der Waals surface area contributed by atoms with Gasteiger partial charge in [-0.1, -0.05) is 36.7 Å². The summed E-state index contributed by atoms with van der Waals surface area (Å²) in [6.45, 7) is 6.19. The van der Waals surface area contributed by atoms with Crippen LogP contribution in [0.3, 0.4) is 0 Å². The number of hydrogen-bond donors (Lipinski definition) is 1. The minimum atomic E-state index is -0.883. The second kappa shape index (κ2) is 6.18. The maximum absolute atomic E-state index is 11.2. The summed E-state index contributed by atoms with van der Waals surface area (Å²) < 4.78 is 1.07. The molecule has 0 saturated carbocycles. The summed E-state index contributed by atoms with van der Waals surface area (Å²) in [4.78, 5) is 6.19. The molecular weight excluding hydrogens is 354 g/mol. The van der Waals surface area contributed by atoms with Gasteiger partial charge < -0.3 is 5.11 Å². The predicted octanol–water partition coefficient (Wildman–Crippen LogP) is 4.93. The molecule has 2 aromatic rings. The van der Waals surface area contributed by atoms with Crippen LogP contribution in [-0.2, 0) is 5.60 Å². The van der Waals surface area contributed by atoms with Gasteiger partial charge in [-0.05, 0) is 29.7 Å². The zero-order valence-corrected chi connectivity index (χ0v) is 15.0. The molecule has 1 aromatic heterocycles. The van der Waals surface area contributed by atoms with E-state index in [1.807, 2.05) is 12.1 Å². The van der Waals surface area contributed by atoms with Gasteiger partial charge in [-0.25, -0.2) is 0 Å². The number of rotatable bonds is 4. The summed E-state index contributed by atoms with van der Waals surface area (Å²) in [5.74, 6) is 0.611. The van der Waals surface area contributed by atoms with E-state index in [0.717, 1.165) is 14.2 Å². The van der Waals surface area contributed by atoms with Crippen molar-refractivity contribution in [2.24, 2.45) is 5.41 Å². The zero-order chi connectivity index (χ0) is 14.8. The molecule has 2 rings (SSSR count). The molecule has 1 N–H and O–H groups in total. The summed E-state index contributed by atoms with van der Waals surface area (Å²) >= 11 is 6.62. The highest BCUT2D eigenvalue weighted by atomic mass is 79.9. The third-order valence-corrected chi connectivity index (χ3v) is 5.96. The van der Waals surface area contributed by atoms with Gasteiger partial charge >= 0.3 is 0 Å². The molecule has 1 unspecified atom stereocenters. The number of thioether (sulfide) groups is 1. The van der Waals surface area contributed by atoms with Crippen LogP contribution < -0.4 is 0 Å². The first-order chi connectivity index (χ1) is 9.33. The molecule has 0 aliphatic heterocycles. The lowest BCUT2D eigenvalue weighted by Crippen LogP contribution is -2.41. The van der Waals surface area contributed by atoms with Gasteiger partial charge in [0.05, 0.1) is 10.4 Å². The van der Waals surface area contributed by atoms with Crippen LogP contribution in [0.2, 0.25) is 0 Å². The Balaban J connectivity index is 2.20. The Bertz CT molecular complexity index is 548. The maximum Gasteiger partial charge on any atom is 0.114 e. The van der Waals surface area contributed by atoms with Crippen LogP contribution in [0, 0.1) is 5.41 Å². The van der Waals surface area contributed by atoms with Crippen molar-refractivity contribution in [3.63, 3.8) is 0 Å². The van der Waals surface area contributed by atoms with Crippen LogP contribution in [0.4, 0.5) is 0 Å². The first-order valence-corrected chi connectivity index (χ1v) is 8.98. The normalized spacial score (nSPS) is 15.1. The fourth-order valence-electron chi connectivity index (χ4n) is 1.80. The molecule has 0 amide bonds. The smallest absolute Gasteiger partial charge is 0.114 e. The van der Waals surface area contributed by atoms with Gasteiger partial charge in [0.2, 0.25) is 0 Å². The molecule has 0 aliphatic carbocycles. The second-order valence-corrected chi connectivity index (χ2v) is 8.57. The maximum atomic E-state index is 11.2. The third-order valence-electron chi connectivity index (χ3n) is 3.34. The van der Waals surface area contributed by atoms with Gasteiger partial charge in [0.25, 0.3) is 0 Å². The summed E-state index contributed by atoms with van der Waals surface area (Å²) in [6.07, 6.45) is 1.78. The Morgan fingerprint density at radius 2 is 1.90 bits per heavy atom. The number of hydrogen-bond acceptors (Lipinski definition) is 4. The van der Waals surface area contributed by atoms with E-state index in [1.54, 1.807) is 23.5 Å². The SMILES string of the molecule is CC(C)(C)C(O)(CSc1ccc(Br)cc1)c1cncs1. The number of aliphatic hydroxyl groups is 1. The molecule has 1 atom stereocenters. The Morgan fingerprint density at radius 3 is 2.40 bits per heavy atom. The van der Waals surface area contributed by atoms with E-state index >= 15 is 0 Å². The van der Waals surface area contributed by atoms with E-state index in [-0.39, 0.29) is 5.41 Å². The molecular formula is C15H18BrNOS2. The first-order valence-electron chi connectivity index (χ1n) is 6.33. The van der Waals surface area contributed by atoms with Crippen LogP contribution in [0.1, 0.15) is 25.6 Å². The molecule has 1 heterocycles. The number of benzene rings is 1. The largest absolute Gasteiger partial charge is 0.383 e.